The van der Waals surface area contributed by atoms with Crippen LogP contribution >= 0.6 is 0 Å². The molecule has 0 amide bonds. The Bertz CT molecular complexity index is 748. The highest BCUT2D eigenvalue weighted by atomic mass is 32.2. The zero-order valence-corrected chi connectivity index (χ0v) is 13.4. The number of pyridine rings is 1. The topological polar surface area (TPSA) is 59.1 Å². The van der Waals surface area contributed by atoms with E-state index >= 15 is 0 Å². The van der Waals surface area contributed by atoms with Gasteiger partial charge in [-0.05, 0) is 55.1 Å². The van der Waals surface area contributed by atoms with Crippen LogP contribution in [-0.2, 0) is 9.84 Å². The van der Waals surface area contributed by atoms with Crippen LogP contribution < -0.4 is 5.32 Å². The predicted molar refractivity (Wildman–Crippen MR) is 87.6 cm³/mol. The van der Waals surface area contributed by atoms with Gasteiger partial charge >= 0.3 is 0 Å². The van der Waals surface area contributed by atoms with Crippen molar-refractivity contribution in [1.29, 1.82) is 0 Å². The van der Waals surface area contributed by atoms with E-state index in [0.717, 1.165) is 24.3 Å². The SMILES string of the molecule is CS(=O)(=O)c1ccc(-c2cc(C3CCCNC3)ccn2)cc1. The molecule has 1 aliphatic rings. The van der Waals surface area contributed by atoms with Crippen LogP contribution in [0.15, 0.2) is 47.5 Å². The number of nitrogens with zero attached hydrogens (tertiary/aromatic N) is 1. The Hall–Kier alpha value is -1.72. The van der Waals surface area contributed by atoms with Crippen LogP contribution in [0.1, 0.15) is 24.3 Å². The van der Waals surface area contributed by atoms with Gasteiger partial charge in [0.1, 0.15) is 0 Å². The third-order valence-corrected chi connectivity index (χ3v) is 5.26. The van der Waals surface area contributed by atoms with Crippen molar-refractivity contribution in [1.82, 2.24) is 10.3 Å². The summed E-state index contributed by atoms with van der Waals surface area (Å²) in [5.41, 5.74) is 3.13. The molecule has 0 spiro atoms. The molecule has 1 aromatic carbocycles. The number of nitrogens with one attached hydrogen (secondary N) is 1. The maximum absolute atomic E-state index is 11.5. The molecule has 4 nitrogen and oxygen atoms in total. The van der Waals surface area contributed by atoms with Crippen molar-refractivity contribution in [3.63, 3.8) is 0 Å². The molecule has 22 heavy (non-hydrogen) atoms. The summed E-state index contributed by atoms with van der Waals surface area (Å²) >= 11 is 0. The Kier molecular flexibility index (Phi) is 4.27. The fourth-order valence-electron chi connectivity index (χ4n) is 2.87. The average Bonchev–Trinajstić information content (AvgIpc) is 2.55. The lowest BCUT2D eigenvalue weighted by atomic mass is 9.91. The first-order valence-electron chi connectivity index (χ1n) is 7.51. The highest BCUT2D eigenvalue weighted by molar-refractivity contribution is 7.90. The van der Waals surface area contributed by atoms with Crippen LogP contribution in [0.25, 0.3) is 11.3 Å². The van der Waals surface area contributed by atoms with Crippen molar-refractivity contribution in [2.75, 3.05) is 19.3 Å². The first kappa shape index (κ1) is 15.2. The molecule has 2 heterocycles. The lowest BCUT2D eigenvalue weighted by Crippen LogP contribution is -2.28. The molecule has 0 radical (unpaired) electrons. The number of rotatable bonds is 3. The van der Waals surface area contributed by atoms with E-state index in [2.05, 4.69) is 22.4 Å². The van der Waals surface area contributed by atoms with Gasteiger partial charge in [0.2, 0.25) is 0 Å². The first-order chi connectivity index (χ1) is 10.5. The summed E-state index contributed by atoms with van der Waals surface area (Å²) in [6.07, 6.45) is 5.45. The van der Waals surface area contributed by atoms with Gasteiger partial charge < -0.3 is 5.32 Å². The second-order valence-corrected chi connectivity index (χ2v) is 7.83. The molecular weight excluding hydrogens is 296 g/mol. The van der Waals surface area contributed by atoms with Gasteiger partial charge in [-0.25, -0.2) is 8.42 Å². The number of aromatic nitrogens is 1. The zero-order chi connectivity index (χ0) is 15.6. The van der Waals surface area contributed by atoms with Gasteiger partial charge in [0.25, 0.3) is 0 Å². The zero-order valence-electron chi connectivity index (χ0n) is 12.6. The third kappa shape index (κ3) is 3.36. The number of hydrogen-bond donors (Lipinski definition) is 1. The van der Waals surface area contributed by atoms with E-state index in [4.69, 9.17) is 0 Å². The Balaban J connectivity index is 1.88. The van der Waals surface area contributed by atoms with E-state index in [1.165, 1.54) is 24.7 Å². The van der Waals surface area contributed by atoms with Gasteiger partial charge in [0.15, 0.2) is 9.84 Å². The van der Waals surface area contributed by atoms with Gasteiger partial charge in [-0.15, -0.1) is 0 Å². The molecule has 1 aliphatic heterocycles. The lowest BCUT2D eigenvalue weighted by molar-refractivity contribution is 0.461. The summed E-state index contributed by atoms with van der Waals surface area (Å²) in [5, 5.41) is 3.43. The predicted octanol–water partition coefficient (Wildman–Crippen LogP) is 2.62. The van der Waals surface area contributed by atoms with Crippen molar-refractivity contribution < 1.29 is 8.42 Å². The standard InChI is InChI=1S/C17H20N2O2S/c1-22(20,21)16-6-4-13(5-7-16)17-11-14(8-10-19-17)15-3-2-9-18-12-15/h4-8,10-11,15,18H,2-3,9,12H2,1H3. The summed E-state index contributed by atoms with van der Waals surface area (Å²) in [7, 11) is -3.16. The van der Waals surface area contributed by atoms with E-state index in [1.54, 1.807) is 12.1 Å². The van der Waals surface area contributed by atoms with Crippen molar-refractivity contribution >= 4 is 9.84 Å². The normalized spacial score (nSPS) is 19.0. The van der Waals surface area contributed by atoms with E-state index in [0.29, 0.717) is 10.8 Å². The van der Waals surface area contributed by atoms with Crippen LogP contribution in [-0.4, -0.2) is 32.7 Å². The fourth-order valence-corrected chi connectivity index (χ4v) is 3.50. The lowest BCUT2D eigenvalue weighted by Gasteiger charge is -2.23. The molecule has 1 fully saturated rings. The highest BCUT2D eigenvalue weighted by Gasteiger charge is 2.16. The van der Waals surface area contributed by atoms with Gasteiger partial charge in [0, 0.05) is 24.6 Å². The van der Waals surface area contributed by atoms with Crippen LogP contribution in [0.4, 0.5) is 0 Å². The van der Waals surface area contributed by atoms with Crippen LogP contribution in [0, 0.1) is 0 Å². The summed E-state index contributed by atoms with van der Waals surface area (Å²) < 4.78 is 23.0. The molecule has 5 heteroatoms. The van der Waals surface area contributed by atoms with Crippen molar-refractivity contribution in [3.8, 4) is 11.3 Å². The van der Waals surface area contributed by atoms with E-state index in [-0.39, 0.29) is 0 Å². The summed E-state index contributed by atoms with van der Waals surface area (Å²) in [5.74, 6) is 0.533. The van der Waals surface area contributed by atoms with Gasteiger partial charge in [-0.1, -0.05) is 12.1 Å². The van der Waals surface area contributed by atoms with E-state index in [9.17, 15) is 8.42 Å². The van der Waals surface area contributed by atoms with E-state index in [1.807, 2.05) is 18.3 Å². The second-order valence-electron chi connectivity index (χ2n) is 5.81. The number of piperidine rings is 1. The quantitative estimate of drug-likeness (QED) is 0.945. The molecule has 1 N–H and O–H groups in total. The molecule has 3 rings (SSSR count). The third-order valence-electron chi connectivity index (χ3n) is 4.13. The van der Waals surface area contributed by atoms with Gasteiger partial charge in [0.05, 0.1) is 10.6 Å². The van der Waals surface area contributed by atoms with Gasteiger partial charge in [-0.3, -0.25) is 4.98 Å². The fraction of sp³-hybridized carbons (Fsp3) is 0.353. The molecule has 0 bridgehead atoms. The van der Waals surface area contributed by atoms with Gasteiger partial charge in [-0.2, -0.15) is 0 Å². The summed E-state index contributed by atoms with van der Waals surface area (Å²) in [6, 6.07) is 11.1. The maximum atomic E-state index is 11.5. The Morgan fingerprint density at radius 3 is 2.59 bits per heavy atom. The van der Waals surface area contributed by atoms with Crippen LogP contribution in [0.5, 0.6) is 0 Å². The van der Waals surface area contributed by atoms with Crippen molar-refractivity contribution in [2.45, 2.75) is 23.7 Å². The van der Waals surface area contributed by atoms with Crippen LogP contribution in [0.2, 0.25) is 0 Å². The Labute approximate surface area is 131 Å². The Morgan fingerprint density at radius 2 is 1.95 bits per heavy atom. The summed E-state index contributed by atoms with van der Waals surface area (Å²) in [6.45, 7) is 2.11. The minimum absolute atomic E-state index is 0.337. The van der Waals surface area contributed by atoms with Crippen LogP contribution in [0.3, 0.4) is 0 Å². The van der Waals surface area contributed by atoms with Crippen molar-refractivity contribution in [2.24, 2.45) is 0 Å². The van der Waals surface area contributed by atoms with E-state index < -0.39 is 9.84 Å². The Morgan fingerprint density at radius 1 is 1.18 bits per heavy atom. The molecule has 1 saturated heterocycles. The summed E-state index contributed by atoms with van der Waals surface area (Å²) in [4.78, 5) is 4.76. The maximum Gasteiger partial charge on any atom is 0.175 e. The number of sulfone groups is 1. The average molecular weight is 316 g/mol. The highest BCUT2D eigenvalue weighted by Crippen LogP contribution is 2.27. The molecular formula is C17H20N2O2S. The molecule has 1 atom stereocenters. The molecule has 2 aromatic rings. The molecule has 1 unspecified atom stereocenters. The number of benzene rings is 1. The smallest absolute Gasteiger partial charge is 0.175 e. The minimum Gasteiger partial charge on any atom is -0.316 e. The molecule has 116 valence electrons. The second kappa shape index (κ2) is 6.18. The molecule has 0 aliphatic carbocycles. The monoisotopic (exact) mass is 316 g/mol. The molecule has 1 aromatic heterocycles. The number of hydrogen-bond acceptors (Lipinski definition) is 4. The largest absolute Gasteiger partial charge is 0.316 e. The minimum atomic E-state index is -3.16. The van der Waals surface area contributed by atoms with Crippen molar-refractivity contribution in [3.05, 3.63) is 48.2 Å². The first-order valence-corrected chi connectivity index (χ1v) is 9.40. The molecule has 0 saturated carbocycles.